The van der Waals surface area contributed by atoms with E-state index in [0.29, 0.717) is 48.5 Å². The molecule has 3 aromatic rings. The molecule has 1 heterocycles. The molecule has 8 heteroatoms. The number of hydrogen-bond donors (Lipinski definition) is 3. The van der Waals surface area contributed by atoms with Gasteiger partial charge < -0.3 is 25.0 Å². The largest absolute Gasteiger partial charge is 0.490 e. The summed E-state index contributed by atoms with van der Waals surface area (Å²) >= 11 is 0. The molecule has 0 amide bonds. The molecule has 1 unspecified atom stereocenters. The summed E-state index contributed by atoms with van der Waals surface area (Å²) in [5.74, 6) is 1.71. The van der Waals surface area contributed by atoms with E-state index < -0.39 is 0 Å². The molecule has 0 bridgehead atoms. The van der Waals surface area contributed by atoms with E-state index in [0.717, 1.165) is 16.7 Å². The Morgan fingerprint density at radius 1 is 1.13 bits per heavy atom. The zero-order chi connectivity index (χ0) is 21.5. The van der Waals surface area contributed by atoms with Crippen molar-refractivity contribution in [2.45, 2.75) is 33.2 Å². The van der Waals surface area contributed by atoms with E-state index in [1.165, 1.54) is 6.39 Å². The van der Waals surface area contributed by atoms with E-state index >= 15 is 0 Å². The number of nitrogens with two attached hydrogens (primary N) is 1. The van der Waals surface area contributed by atoms with Gasteiger partial charge in [-0.15, -0.1) is 0 Å². The summed E-state index contributed by atoms with van der Waals surface area (Å²) in [4.78, 5) is 4.01. The van der Waals surface area contributed by atoms with Crippen LogP contribution in [-0.4, -0.2) is 35.1 Å². The van der Waals surface area contributed by atoms with Crippen molar-refractivity contribution < 1.29 is 14.0 Å². The molecule has 8 nitrogen and oxygen atoms in total. The van der Waals surface area contributed by atoms with Gasteiger partial charge in [0.05, 0.1) is 18.9 Å². The topological polar surface area (TPSA) is 119 Å². The smallest absolute Gasteiger partial charge is 0.263 e. The van der Waals surface area contributed by atoms with Crippen LogP contribution in [0.5, 0.6) is 11.5 Å². The van der Waals surface area contributed by atoms with Gasteiger partial charge in [-0.05, 0) is 62.2 Å². The number of benzene rings is 2. The number of nitrogens with zero attached hydrogens (tertiary/aromatic N) is 2. The van der Waals surface area contributed by atoms with Gasteiger partial charge in [-0.1, -0.05) is 12.1 Å². The lowest BCUT2D eigenvalue weighted by molar-refractivity contribution is 0.287. The molecule has 30 heavy (non-hydrogen) atoms. The Morgan fingerprint density at radius 2 is 1.80 bits per heavy atom. The summed E-state index contributed by atoms with van der Waals surface area (Å²) in [6, 6.07) is 11.1. The van der Waals surface area contributed by atoms with Gasteiger partial charge in [0, 0.05) is 22.9 Å². The van der Waals surface area contributed by atoms with Gasteiger partial charge in [-0.3, -0.25) is 5.41 Å². The number of hydrogen-bond acceptors (Lipinski definition) is 8. The highest BCUT2D eigenvalue weighted by Gasteiger charge is 2.19. The summed E-state index contributed by atoms with van der Waals surface area (Å²) in [6.07, 6.45) is 1.90. The maximum Gasteiger partial charge on any atom is 0.263 e. The number of anilines is 2. The molecule has 4 N–H and O–H groups in total. The van der Waals surface area contributed by atoms with Crippen LogP contribution in [0.2, 0.25) is 0 Å². The molecule has 2 aromatic carbocycles. The van der Waals surface area contributed by atoms with Crippen molar-refractivity contribution in [1.29, 1.82) is 5.41 Å². The molecule has 0 spiro atoms. The summed E-state index contributed by atoms with van der Waals surface area (Å²) < 4.78 is 16.4. The van der Waals surface area contributed by atoms with Gasteiger partial charge in [0.2, 0.25) is 6.39 Å². The van der Waals surface area contributed by atoms with Crippen molar-refractivity contribution in [3.05, 3.63) is 59.5 Å². The summed E-state index contributed by atoms with van der Waals surface area (Å²) in [5.41, 5.74) is 9.35. The highest BCUT2D eigenvalue weighted by atomic mass is 16.5. The third-order valence-electron chi connectivity index (χ3n) is 4.50. The van der Waals surface area contributed by atoms with Crippen LogP contribution in [0.25, 0.3) is 0 Å². The SMILES string of the molecule is CCOc1cc(CC(C)Nc2ncon2)c(C(=N)c2ccc(N)cc2)cc1OCC. The van der Waals surface area contributed by atoms with Crippen molar-refractivity contribution in [2.24, 2.45) is 0 Å². The first-order valence-corrected chi connectivity index (χ1v) is 9.92. The van der Waals surface area contributed by atoms with E-state index in [1.54, 1.807) is 12.1 Å². The molecular formula is C22H27N5O3. The monoisotopic (exact) mass is 409 g/mol. The minimum Gasteiger partial charge on any atom is -0.490 e. The van der Waals surface area contributed by atoms with Crippen molar-refractivity contribution in [2.75, 3.05) is 24.3 Å². The highest BCUT2D eigenvalue weighted by molar-refractivity contribution is 6.12. The fourth-order valence-electron chi connectivity index (χ4n) is 3.18. The lowest BCUT2D eigenvalue weighted by atomic mass is 9.93. The number of nitrogen functional groups attached to an aromatic ring is 1. The van der Waals surface area contributed by atoms with Crippen molar-refractivity contribution in [1.82, 2.24) is 10.1 Å². The van der Waals surface area contributed by atoms with Gasteiger partial charge in [0.25, 0.3) is 5.95 Å². The van der Waals surface area contributed by atoms with Crippen LogP contribution in [0, 0.1) is 5.41 Å². The van der Waals surface area contributed by atoms with Gasteiger partial charge in [-0.25, -0.2) is 0 Å². The second-order valence-corrected chi connectivity index (χ2v) is 6.82. The average Bonchev–Trinajstić information content (AvgIpc) is 3.23. The van der Waals surface area contributed by atoms with E-state index in [2.05, 4.69) is 15.5 Å². The maximum absolute atomic E-state index is 8.83. The number of aromatic nitrogens is 2. The fourth-order valence-corrected chi connectivity index (χ4v) is 3.18. The van der Waals surface area contributed by atoms with Crippen LogP contribution in [0.1, 0.15) is 37.5 Å². The van der Waals surface area contributed by atoms with Gasteiger partial charge in [-0.2, -0.15) is 4.98 Å². The van der Waals surface area contributed by atoms with Gasteiger partial charge in [0.1, 0.15) is 0 Å². The van der Waals surface area contributed by atoms with Crippen LogP contribution in [-0.2, 0) is 6.42 Å². The fraction of sp³-hybridized carbons (Fsp3) is 0.318. The van der Waals surface area contributed by atoms with Gasteiger partial charge >= 0.3 is 0 Å². The number of ether oxygens (including phenoxy) is 2. The standard InChI is InChI=1S/C22H27N5O3/c1-4-28-19-11-16(10-14(3)26-22-25-13-30-27-22)18(12-20(19)29-5-2)21(24)15-6-8-17(23)9-7-15/h6-9,11-14,24H,4-5,10,23H2,1-3H3,(H,26,27). The van der Waals surface area contributed by atoms with Crippen molar-refractivity contribution >= 4 is 17.3 Å². The Bertz CT molecular complexity index is 971. The van der Waals surface area contributed by atoms with E-state index in [-0.39, 0.29) is 6.04 Å². The zero-order valence-corrected chi connectivity index (χ0v) is 17.4. The number of nitrogens with one attached hydrogen (secondary N) is 2. The Labute approximate surface area is 175 Å². The molecule has 0 aliphatic heterocycles. The Kier molecular flexibility index (Phi) is 6.90. The number of rotatable bonds is 10. The van der Waals surface area contributed by atoms with E-state index in [1.807, 2.05) is 45.0 Å². The Morgan fingerprint density at radius 3 is 2.40 bits per heavy atom. The van der Waals surface area contributed by atoms with Crippen LogP contribution in [0.15, 0.2) is 47.3 Å². The Hall–Kier alpha value is -3.55. The highest BCUT2D eigenvalue weighted by Crippen LogP contribution is 2.33. The quantitative estimate of drug-likeness (QED) is 0.343. The van der Waals surface area contributed by atoms with Crippen LogP contribution >= 0.6 is 0 Å². The minimum absolute atomic E-state index is 0.00649. The first-order valence-electron chi connectivity index (χ1n) is 9.92. The molecule has 3 rings (SSSR count). The lowest BCUT2D eigenvalue weighted by Crippen LogP contribution is -2.21. The summed E-state index contributed by atoms with van der Waals surface area (Å²) in [6.45, 7) is 6.89. The van der Waals surface area contributed by atoms with E-state index in [4.69, 9.17) is 25.1 Å². The van der Waals surface area contributed by atoms with Crippen molar-refractivity contribution in [3.8, 4) is 11.5 Å². The third-order valence-corrected chi connectivity index (χ3v) is 4.50. The Balaban J connectivity index is 1.98. The summed E-state index contributed by atoms with van der Waals surface area (Å²) in [5, 5.41) is 15.8. The summed E-state index contributed by atoms with van der Waals surface area (Å²) in [7, 11) is 0. The van der Waals surface area contributed by atoms with Gasteiger partial charge in [0.15, 0.2) is 11.5 Å². The molecule has 158 valence electrons. The third kappa shape index (κ3) is 5.08. The van der Waals surface area contributed by atoms with Crippen LogP contribution in [0.3, 0.4) is 0 Å². The average molecular weight is 409 g/mol. The molecular weight excluding hydrogens is 382 g/mol. The van der Waals surface area contributed by atoms with Crippen LogP contribution in [0.4, 0.5) is 11.6 Å². The van der Waals surface area contributed by atoms with E-state index in [9.17, 15) is 0 Å². The predicted molar refractivity (Wildman–Crippen MR) is 117 cm³/mol. The normalized spacial score (nSPS) is 11.7. The molecule has 0 aliphatic rings. The molecule has 0 aliphatic carbocycles. The molecule has 1 atom stereocenters. The zero-order valence-electron chi connectivity index (χ0n) is 17.4. The molecule has 0 saturated heterocycles. The first-order chi connectivity index (χ1) is 14.5. The molecule has 0 fully saturated rings. The predicted octanol–water partition coefficient (Wildman–Crippen LogP) is 3.91. The molecule has 0 saturated carbocycles. The van der Waals surface area contributed by atoms with Crippen LogP contribution < -0.4 is 20.5 Å². The second kappa shape index (κ2) is 9.78. The molecule has 1 aromatic heterocycles. The molecule has 0 radical (unpaired) electrons. The maximum atomic E-state index is 8.83. The van der Waals surface area contributed by atoms with Crippen molar-refractivity contribution in [3.63, 3.8) is 0 Å². The first kappa shape index (κ1) is 21.2. The minimum atomic E-state index is -0.00649. The lowest BCUT2D eigenvalue weighted by Gasteiger charge is -2.20. The second-order valence-electron chi connectivity index (χ2n) is 6.82.